The van der Waals surface area contributed by atoms with E-state index in [1.165, 1.54) is 12.1 Å². The van der Waals surface area contributed by atoms with E-state index < -0.39 is 0 Å². The molecule has 26 heavy (non-hydrogen) atoms. The second-order valence-electron chi connectivity index (χ2n) is 6.28. The highest BCUT2D eigenvalue weighted by Gasteiger charge is 2.14. The van der Waals surface area contributed by atoms with Crippen LogP contribution in [-0.4, -0.2) is 26.4 Å². The molecule has 140 valence electrons. The van der Waals surface area contributed by atoms with Gasteiger partial charge in [0, 0.05) is 25.3 Å². The lowest BCUT2D eigenvalue weighted by atomic mass is 10.2. The molecule has 0 bridgehead atoms. The average molecular weight is 380 g/mol. The Labute approximate surface area is 158 Å². The molecular formula is C20H23ClFNO3. The standard InChI is InChI=1S/C20H23ClFNO3/c1-24-20-9-14(11-23-12-17-3-2-8-25-17)4-7-19(20)26-13-15-5-6-16(22)10-18(15)21/h4-7,9-10,17,23H,2-3,8,11-13H2,1H3. The number of ether oxygens (including phenoxy) is 3. The molecule has 0 spiro atoms. The number of hydrogen-bond donors (Lipinski definition) is 1. The van der Waals surface area contributed by atoms with Gasteiger partial charge < -0.3 is 19.5 Å². The highest BCUT2D eigenvalue weighted by Crippen LogP contribution is 2.29. The van der Waals surface area contributed by atoms with E-state index in [1.807, 2.05) is 18.2 Å². The minimum Gasteiger partial charge on any atom is -0.493 e. The van der Waals surface area contributed by atoms with Crippen LogP contribution in [0.5, 0.6) is 11.5 Å². The van der Waals surface area contributed by atoms with E-state index in [2.05, 4.69) is 5.32 Å². The topological polar surface area (TPSA) is 39.7 Å². The Hall–Kier alpha value is -1.82. The summed E-state index contributed by atoms with van der Waals surface area (Å²) < 4.78 is 30.0. The third kappa shape index (κ3) is 5.10. The molecular weight excluding hydrogens is 357 g/mol. The zero-order valence-electron chi connectivity index (χ0n) is 14.8. The van der Waals surface area contributed by atoms with E-state index in [4.69, 9.17) is 25.8 Å². The van der Waals surface area contributed by atoms with Crippen LogP contribution in [-0.2, 0) is 17.9 Å². The van der Waals surface area contributed by atoms with Crippen LogP contribution in [0.3, 0.4) is 0 Å². The van der Waals surface area contributed by atoms with Gasteiger partial charge in [-0.2, -0.15) is 0 Å². The highest BCUT2D eigenvalue weighted by atomic mass is 35.5. The number of benzene rings is 2. The van der Waals surface area contributed by atoms with Gasteiger partial charge in [0.05, 0.1) is 18.2 Å². The molecule has 1 heterocycles. The van der Waals surface area contributed by atoms with E-state index in [0.29, 0.717) is 22.6 Å². The molecule has 0 saturated carbocycles. The molecule has 1 unspecified atom stereocenters. The van der Waals surface area contributed by atoms with Crippen LogP contribution in [0.1, 0.15) is 24.0 Å². The highest BCUT2D eigenvalue weighted by molar-refractivity contribution is 6.31. The normalized spacial score (nSPS) is 16.7. The summed E-state index contributed by atoms with van der Waals surface area (Å²) in [6.45, 7) is 2.69. The molecule has 2 aromatic carbocycles. The van der Waals surface area contributed by atoms with Gasteiger partial charge in [-0.1, -0.05) is 23.7 Å². The van der Waals surface area contributed by atoms with Crippen molar-refractivity contribution in [2.45, 2.75) is 32.1 Å². The van der Waals surface area contributed by atoms with E-state index >= 15 is 0 Å². The molecule has 6 heteroatoms. The largest absolute Gasteiger partial charge is 0.493 e. The smallest absolute Gasteiger partial charge is 0.161 e. The Morgan fingerprint density at radius 2 is 2.12 bits per heavy atom. The molecule has 1 aliphatic rings. The summed E-state index contributed by atoms with van der Waals surface area (Å²) in [6.07, 6.45) is 2.58. The predicted octanol–water partition coefficient (Wildman–Crippen LogP) is 4.34. The van der Waals surface area contributed by atoms with Crippen molar-refractivity contribution >= 4 is 11.6 Å². The molecule has 0 aliphatic carbocycles. The fourth-order valence-corrected chi connectivity index (χ4v) is 3.14. The van der Waals surface area contributed by atoms with Gasteiger partial charge in [-0.25, -0.2) is 4.39 Å². The van der Waals surface area contributed by atoms with Crippen LogP contribution in [0.15, 0.2) is 36.4 Å². The molecule has 0 amide bonds. The number of nitrogens with one attached hydrogen (secondary N) is 1. The van der Waals surface area contributed by atoms with Gasteiger partial charge in [0.15, 0.2) is 11.5 Å². The molecule has 1 N–H and O–H groups in total. The van der Waals surface area contributed by atoms with E-state index in [1.54, 1.807) is 13.2 Å². The first-order valence-corrected chi connectivity index (χ1v) is 9.09. The minimum atomic E-state index is -0.365. The van der Waals surface area contributed by atoms with Crippen LogP contribution in [0.25, 0.3) is 0 Å². The summed E-state index contributed by atoms with van der Waals surface area (Å²) in [5, 5.41) is 3.76. The zero-order chi connectivity index (χ0) is 18.4. The molecule has 2 aromatic rings. The summed E-state index contributed by atoms with van der Waals surface area (Å²) in [4.78, 5) is 0. The molecule has 1 atom stereocenters. The fourth-order valence-electron chi connectivity index (χ4n) is 2.92. The molecule has 4 nitrogen and oxygen atoms in total. The van der Waals surface area contributed by atoms with Crippen LogP contribution in [0.2, 0.25) is 5.02 Å². The zero-order valence-corrected chi connectivity index (χ0v) is 15.5. The Kier molecular flexibility index (Phi) is 6.72. The first-order valence-electron chi connectivity index (χ1n) is 8.71. The maximum Gasteiger partial charge on any atom is 0.161 e. The van der Waals surface area contributed by atoms with Crippen molar-refractivity contribution in [3.63, 3.8) is 0 Å². The average Bonchev–Trinajstić information content (AvgIpc) is 3.15. The number of hydrogen-bond acceptors (Lipinski definition) is 4. The van der Waals surface area contributed by atoms with Crippen molar-refractivity contribution in [2.75, 3.05) is 20.3 Å². The third-order valence-corrected chi connectivity index (χ3v) is 4.70. The summed E-state index contributed by atoms with van der Waals surface area (Å²) in [5.41, 5.74) is 1.82. The maximum atomic E-state index is 13.1. The molecule has 1 saturated heterocycles. The number of methoxy groups -OCH3 is 1. The maximum absolute atomic E-state index is 13.1. The minimum absolute atomic E-state index is 0.242. The van der Waals surface area contributed by atoms with Gasteiger partial charge in [0.1, 0.15) is 12.4 Å². The van der Waals surface area contributed by atoms with Gasteiger partial charge in [0.25, 0.3) is 0 Å². The van der Waals surface area contributed by atoms with E-state index in [-0.39, 0.29) is 12.4 Å². The quantitative estimate of drug-likeness (QED) is 0.740. The van der Waals surface area contributed by atoms with Crippen molar-refractivity contribution in [1.82, 2.24) is 5.32 Å². The van der Waals surface area contributed by atoms with Crippen LogP contribution >= 0.6 is 11.6 Å². The lowest BCUT2D eigenvalue weighted by Crippen LogP contribution is -2.25. The second-order valence-corrected chi connectivity index (χ2v) is 6.68. The second kappa shape index (κ2) is 9.21. The molecule has 3 rings (SSSR count). The molecule has 0 aromatic heterocycles. The molecule has 1 aliphatic heterocycles. The Balaban J connectivity index is 1.57. The van der Waals surface area contributed by atoms with Gasteiger partial charge in [-0.15, -0.1) is 0 Å². The number of halogens is 2. The van der Waals surface area contributed by atoms with Gasteiger partial charge in [-0.3, -0.25) is 0 Å². The Morgan fingerprint density at radius 1 is 1.23 bits per heavy atom. The summed E-state index contributed by atoms with van der Waals surface area (Å²) in [6, 6.07) is 10.1. The van der Waals surface area contributed by atoms with Crippen molar-refractivity contribution in [2.24, 2.45) is 0 Å². The molecule has 1 fully saturated rings. The molecule has 0 radical (unpaired) electrons. The Morgan fingerprint density at radius 3 is 2.85 bits per heavy atom. The SMILES string of the molecule is COc1cc(CNCC2CCCO2)ccc1OCc1ccc(F)cc1Cl. The fraction of sp³-hybridized carbons (Fsp3) is 0.400. The lowest BCUT2D eigenvalue weighted by Gasteiger charge is -2.14. The van der Waals surface area contributed by atoms with Crippen molar-refractivity contribution in [1.29, 1.82) is 0 Å². The first-order chi connectivity index (χ1) is 12.7. The van der Waals surface area contributed by atoms with Crippen LogP contribution < -0.4 is 14.8 Å². The Bertz CT molecular complexity index is 735. The van der Waals surface area contributed by atoms with Gasteiger partial charge in [-0.05, 0) is 42.7 Å². The van der Waals surface area contributed by atoms with Crippen molar-refractivity contribution < 1.29 is 18.6 Å². The summed E-state index contributed by atoms with van der Waals surface area (Å²) in [7, 11) is 1.61. The van der Waals surface area contributed by atoms with E-state index in [0.717, 1.165) is 43.7 Å². The summed E-state index contributed by atoms with van der Waals surface area (Å²) >= 11 is 6.04. The lowest BCUT2D eigenvalue weighted by molar-refractivity contribution is 0.110. The van der Waals surface area contributed by atoms with Gasteiger partial charge >= 0.3 is 0 Å². The van der Waals surface area contributed by atoms with Crippen LogP contribution in [0.4, 0.5) is 4.39 Å². The van der Waals surface area contributed by atoms with Crippen molar-refractivity contribution in [3.05, 3.63) is 58.4 Å². The third-order valence-electron chi connectivity index (χ3n) is 4.35. The predicted molar refractivity (Wildman–Crippen MR) is 99.4 cm³/mol. The van der Waals surface area contributed by atoms with Gasteiger partial charge in [0.2, 0.25) is 0 Å². The monoisotopic (exact) mass is 379 g/mol. The van der Waals surface area contributed by atoms with Crippen LogP contribution in [0, 0.1) is 5.82 Å². The number of rotatable bonds is 8. The van der Waals surface area contributed by atoms with E-state index in [9.17, 15) is 4.39 Å². The van der Waals surface area contributed by atoms with Crippen molar-refractivity contribution in [3.8, 4) is 11.5 Å². The first kappa shape index (κ1) is 19.0. The summed E-state index contributed by atoms with van der Waals surface area (Å²) in [5.74, 6) is 0.909.